The molecule has 24 heavy (non-hydrogen) atoms. The summed E-state index contributed by atoms with van der Waals surface area (Å²) in [6.45, 7) is 12.1. The Balaban J connectivity index is 0.00000144. The minimum atomic E-state index is -1.75. The minimum Gasteiger partial charge on any atom is -1.00 e. The van der Waals surface area contributed by atoms with Crippen molar-refractivity contribution in [1.82, 2.24) is 3.26 Å². The summed E-state index contributed by atoms with van der Waals surface area (Å²) in [7, 11) is 0. The van der Waals surface area contributed by atoms with Crippen molar-refractivity contribution in [3.63, 3.8) is 0 Å². The van der Waals surface area contributed by atoms with E-state index in [1.165, 1.54) is 11.1 Å². The first-order valence-corrected chi connectivity index (χ1v) is 18.0. The first-order valence-electron chi connectivity index (χ1n) is 8.21. The molecule has 0 radical (unpaired) electrons. The van der Waals surface area contributed by atoms with Crippen LogP contribution in [-0.4, -0.2) is 11.5 Å². The molecular formula is C19H26Cl2NSiZr. The van der Waals surface area contributed by atoms with Gasteiger partial charge < -0.3 is 24.8 Å². The van der Waals surface area contributed by atoms with Gasteiger partial charge in [-0.2, -0.15) is 0 Å². The zero-order chi connectivity index (χ0) is 15.9. The molecule has 0 bridgehead atoms. The molecule has 0 fully saturated rings. The van der Waals surface area contributed by atoms with Crippen LogP contribution in [0.15, 0.2) is 48.5 Å². The molecule has 0 saturated heterocycles. The maximum Gasteiger partial charge on any atom is -1.00 e. The average molecular weight is 459 g/mol. The molecule has 1 aliphatic carbocycles. The summed E-state index contributed by atoms with van der Waals surface area (Å²) in [4.78, 5) is 0. The molecule has 0 heterocycles. The standard InChI is InChI=1S/C13H9.C4H10N.C2H7Si.2ClH.Zr/c1-3-7-12-10(5-1)9-11-6-2-4-8-13(11)12;1-4(2,3)5;1-3-2;;;/h1-9H;5H,1-3H3;3H,1-2H3;2*1H;/q;-1;;;;+3/p-2. The second-order valence-corrected chi connectivity index (χ2v) is 26.4. The normalized spacial score (nSPS) is 12.9. The Bertz CT molecular complexity index is 640. The number of hydrogen-bond acceptors (Lipinski definition) is 1. The Hall–Kier alpha value is 0.0800. The minimum absolute atomic E-state index is 0. The van der Waals surface area contributed by atoms with Crippen LogP contribution in [0.5, 0.6) is 0 Å². The van der Waals surface area contributed by atoms with Gasteiger partial charge in [-0.3, -0.25) is 0 Å². The second-order valence-electron chi connectivity index (χ2n) is 7.59. The van der Waals surface area contributed by atoms with Gasteiger partial charge in [0, 0.05) is 0 Å². The SMILES string of the molecule is C[SiH](C)[Zr+2]([NH]C(C)(C)C)[CH]1c2ccccc2-c2ccccc21.[Cl-].[Cl-]. The fourth-order valence-electron chi connectivity index (χ4n) is 3.47. The number of hydrogen-bond donors (Lipinski definition) is 1. The third-order valence-corrected chi connectivity index (χ3v) is 23.1. The third kappa shape index (κ3) is 4.43. The number of fused-ring (bicyclic) bond motifs is 3. The van der Waals surface area contributed by atoms with Gasteiger partial charge >= 0.3 is 144 Å². The van der Waals surface area contributed by atoms with Crippen molar-refractivity contribution >= 4 is 5.92 Å². The molecule has 0 atom stereocenters. The Kier molecular flexibility index (Phi) is 7.97. The fraction of sp³-hybridized carbons (Fsp3) is 0.368. The van der Waals surface area contributed by atoms with Crippen molar-refractivity contribution in [2.45, 2.75) is 43.0 Å². The Morgan fingerprint density at radius 1 is 0.833 bits per heavy atom. The molecule has 1 N–H and O–H groups in total. The smallest absolute Gasteiger partial charge is 1.00 e. The summed E-state index contributed by atoms with van der Waals surface area (Å²) in [5.41, 5.74) is 6.38. The topological polar surface area (TPSA) is 12.0 Å². The molecule has 2 aromatic rings. The molecule has 5 heteroatoms. The number of nitrogens with one attached hydrogen (secondary N) is 1. The summed E-state index contributed by atoms with van der Waals surface area (Å²) in [6, 6.07) is 18.2. The van der Waals surface area contributed by atoms with Crippen LogP contribution in [0.1, 0.15) is 35.5 Å². The second kappa shape index (κ2) is 8.64. The van der Waals surface area contributed by atoms with Crippen LogP contribution >= 0.6 is 0 Å². The van der Waals surface area contributed by atoms with E-state index in [2.05, 4.69) is 85.7 Å². The molecule has 0 spiro atoms. The van der Waals surface area contributed by atoms with Crippen molar-refractivity contribution in [1.29, 1.82) is 0 Å². The van der Waals surface area contributed by atoms with Crippen molar-refractivity contribution in [2.75, 3.05) is 0 Å². The van der Waals surface area contributed by atoms with E-state index < -0.39 is 27.1 Å². The Labute approximate surface area is 168 Å². The van der Waals surface area contributed by atoms with Crippen LogP contribution in [-0.2, 0) is 21.2 Å². The zero-order valence-corrected chi connectivity index (χ0v) is 20.2. The van der Waals surface area contributed by atoms with Crippen LogP contribution in [0.4, 0.5) is 0 Å². The maximum absolute atomic E-state index is 4.14. The molecule has 0 aromatic heterocycles. The van der Waals surface area contributed by atoms with E-state index >= 15 is 0 Å². The summed E-state index contributed by atoms with van der Waals surface area (Å²) >= 11 is -1.75. The molecule has 0 saturated carbocycles. The van der Waals surface area contributed by atoms with Gasteiger partial charge in [0.25, 0.3) is 0 Å². The van der Waals surface area contributed by atoms with Gasteiger partial charge in [0.2, 0.25) is 0 Å². The van der Waals surface area contributed by atoms with Gasteiger partial charge in [0.15, 0.2) is 0 Å². The van der Waals surface area contributed by atoms with Gasteiger partial charge in [0.1, 0.15) is 0 Å². The largest absolute Gasteiger partial charge is 1.00 e. The molecular weight excluding hydrogens is 432 g/mol. The molecule has 1 nitrogen and oxygen atoms in total. The summed E-state index contributed by atoms with van der Waals surface area (Å²) in [5.74, 6) is -0.671. The molecule has 3 rings (SSSR count). The first-order chi connectivity index (χ1) is 10.4. The van der Waals surface area contributed by atoms with Crippen LogP contribution in [0, 0.1) is 0 Å². The van der Waals surface area contributed by atoms with Gasteiger partial charge in [0.05, 0.1) is 0 Å². The van der Waals surface area contributed by atoms with Crippen LogP contribution in [0.3, 0.4) is 0 Å². The quantitative estimate of drug-likeness (QED) is 0.562. The average Bonchev–Trinajstić information content (AvgIpc) is 2.78. The van der Waals surface area contributed by atoms with E-state index in [-0.39, 0.29) is 30.4 Å². The monoisotopic (exact) mass is 456 g/mol. The molecule has 0 amide bonds. The van der Waals surface area contributed by atoms with Crippen molar-refractivity contribution < 1.29 is 46.0 Å². The van der Waals surface area contributed by atoms with Crippen molar-refractivity contribution in [2.24, 2.45) is 0 Å². The van der Waals surface area contributed by atoms with Gasteiger partial charge in [-0.25, -0.2) is 0 Å². The van der Waals surface area contributed by atoms with Gasteiger partial charge in [-0.05, 0) is 0 Å². The molecule has 129 valence electrons. The fourth-order valence-corrected chi connectivity index (χ4v) is 21.5. The zero-order valence-electron chi connectivity index (χ0n) is 15.0. The predicted molar refractivity (Wildman–Crippen MR) is 95.5 cm³/mol. The Morgan fingerprint density at radius 2 is 1.25 bits per heavy atom. The molecule has 1 aliphatic rings. The van der Waals surface area contributed by atoms with E-state index in [4.69, 9.17) is 0 Å². The van der Waals surface area contributed by atoms with E-state index in [1.54, 1.807) is 11.1 Å². The first kappa shape index (κ1) is 22.1. The van der Waals surface area contributed by atoms with Crippen LogP contribution in [0.2, 0.25) is 13.1 Å². The number of benzene rings is 2. The Morgan fingerprint density at radius 3 is 1.62 bits per heavy atom. The van der Waals surface area contributed by atoms with Gasteiger partial charge in [-0.1, -0.05) is 0 Å². The summed E-state index contributed by atoms with van der Waals surface area (Å²) in [5, 5.41) is 0. The number of halogens is 2. The predicted octanol–water partition coefficient (Wildman–Crippen LogP) is -1.33. The van der Waals surface area contributed by atoms with Crippen LogP contribution in [0.25, 0.3) is 11.1 Å². The molecule has 0 aliphatic heterocycles. The van der Waals surface area contributed by atoms with E-state index in [1.807, 2.05) is 0 Å². The molecule has 0 unspecified atom stereocenters. The van der Waals surface area contributed by atoms with E-state index in [9.17, 15) is 0 Å². The summed E-state index contributed by atoms with van der Waals surface area (Å²) < 4.78 is 4.83. The van der Waals surface area contributed by atoms with E-state index in [0.29, 0.717) is 3.63 Å². The van der Waals surface area contributed by atoms with Crippen molar-refractivity contribution in [3.8, 4) is 11.1 Å². The third-order valence-electron chi connectivity index (χ3n) is 4.29. The van der Waals surface area contributed by atoms with Gasteiger partial charge in [-0.15, -0.1) is 0 Å². The summed E-state index contributed by atoms with van der Waals surface area (Å²) in [6.07, 6.45) is 0. The maximum atomic E-state index is 4.14. The van der Waals surface area contributed by atoms with E-state index in [0.717, 1.165) is 0 Å². The van der Waals surface area contributed by atoms with Crippen molar-refractivity contribution in [3.05, 3.63) is 59.7 Å². The molecule has 2 aromatic carbocycles. The number of rotatable bonds is 3. The van der Waals surface area contributed by atoms with Crippen LogP contribution < -0.4 is 28.1 Å².